The second-order valence-electron chi connectivity index (χ2n) is 6.12. The molecule has 0 atom stereocenters. The van der Waals surface area contributed by atoms with Gasteiger partial charge in [0.25, 0.3) is 0 Å². The van der Waals surface area contributed by atoms with Crippen LogP contribution in [0.25, 0.3) is 11.0 Å². The van der Waals surface area contributed by atoms with Crippen LogP contribution in [-0.2, 0) is 22.4 Å². The Labute approximate surface area is 187 Å². The summed E-state index contributed by atoms with van der Waals surface area (Å²) in [6.07, 6.45) is 0. The summed E-state index contributed by atoms with van der Waals surface area (Å²) in [6.45, 7) is 0. The summed E-state index contributed by atoms with van der Waals surface area (Å²) in [5.74, 6) is 0. The van der Waals surface area contributed by atoms with Gasteiger partial charge >= 0.3 is 22.4 Å². The summed E-state index contributed by atoms with van der Waals surface area (Å²) in [5, 5.41) is 15.2. The van der Waals surface area contributed by atoms with E-state index in [0.29, 0.717) is 0 Å². The molecule has 3 nitrogen and oxygen atoms in total. The van der Waals surface area contributed by atoms with Crippen LogP contribution >= 0.6 is 7.92 Å². The van der Waals surface area contributed by atoms with Crippen molar-refractivity contribution in [3.63, 3.8) is 0 Å². The van der Waals surface area contributed by atoms with Crippen LogP contribution in [-0.4, -0.2) is 10.2 Å². The van der Waals surface area contributed by atoms with Gasteiger partial charge in [0, 0.05) is 0 Å². The maximum atomic E-state index is 3.76. The Balaban J connectivity index is 0.000000201. The van der Waals surface area contributed by atoms with E-state index < -0.39 is 7.92 Å². The number of rotatable bonds is 3. The molecule has 5 rings (SSSR count). The molecule has 0 amide bonds. The summed E-state index contributed by atoms with van der Waals surface area (Å²) < 4.78 is 0. The number of hydrogen-bond donors (Lipinski definition) is 0. The van der Waals surface area contributed by atoms with E-state index in [2.05, 4.69) is 106 Å². The fourth-order valence-corrected chi connectivity index (χ4v) is 5.24. The number of aromatic nitrogens is 3. The third-order valence-electron chi connectivity index (χ3n) is 4.23. The minimum Gasteiger partial charge on any atom is -0.492 e. The fourth-order valence-electron chi connectivity index (χ4n) is 2.93. The Morgan fingerprint density at radius 3 is 1.10 bits per heavy atom. The maximum Gasteiger partial charge on any atom is 1.00 e. The van der Waals surface area contributed by atoms with Crippen molar-refractivity contribution in [2.45, 2.75) is 0 Å². The minimum absolute atomic E-state index is 0. The molecule has 146 valence electrons. The molecule has 0 unspecified atom stereocenters. The van der Waals surface area contributed by atoms with Gasteiger partial charge in [0.05, 0.1) is 11.0 Å². The largest absolute Gasteiger partial charge is 1.00 e. The monoisotopic (exact) mass is 577 g/mol. The molecule has 0 saturated heterocycles. The van der Waals surface area contributed by atoms with Gasteiger partial charge in [-0.2, -0.15) is 0 Å². The second-order valence-corrected chi connectivity index (χ2v) is 8.34. The maximum absolute atomic E-state index is 3.76. The van der Waals surface area contributed by atoms with E-state index in [0.717, 1.165) is 11.0 Å². The van der Waals surface area contributed by atoms with Gasteiger partial charge in [0.1, 0.15) is 0 Å². The van der Waals surface area contributed by atoms with Gasteiger partial charge in [-0.3, -0.25) is 0 Å². The number of hydrogen-bond acceptors (Lipinski definition) is 2. The topological polar surface area (TPSA) is 39.9 Å². The third kappa shape index (κ3) is 5.50. The van der Waals surface area contributed by atoms with Crippen LogP contribution in [0, 0.1) is 0 Å². The van der Waals surface area contributed by atoms with Crippen LogP contribution in [0.5, 0.6) is 0 Å². The van der Waals surface area contributed by atoms with Crippen LogP contribution in [0.15, 0.2) is 115 Å². The Kier molecular flexibility index (Phi) is 7.92. The molecule has 0 aliphatic rings. The molecule has 0 aliphatic carbocycles. The van der Waals surface area contributed by atoms with Crippen molar-refractivity contribution in [2.24, 2.45) is 0 Å². The first-order valence-corrected chi connectivity index (χ1v) is 10.4. The van der Waals surface area contributed by atoms with Gasteiger partial charge in [0.15, 0.2) is 0 Å². The molecule has 0 N–H and O–H groups in total. The van der Waals surface area contributed by atoms with E-state index in [1.807, 2.05) is 24.3 Å². The number of nitrogens with zero attached hydrogens (tertiary/aromatic N) is 3. The van der Waals surface area contributed by atoms with Crippen LogP contribution in [0.3, 0.4) is 0 Å². The summed E-state index contributed by atoms with van der Waals surface area (Å²) in [5.41, 5.74) is 1.72. The Hall–Kier alpha value is -2.55. The van der Waals surface area contributed by atoms with E-state index >= 15 is 0 Å². The van der Waals surface area contributed by atoms with E-state index in [1.54, 1.807) is 0 Å². The summed E-state index contributed by atoms with van der Waals surface area (Å²) in [7, 11) is -0.446. The number of benzene rings is 4. The van der Waals surface area contributed by atoms with Crippen molar-refractivity contribution >= 4 is 34.9 Å². The SMILES string of the molecule is [Au+].c1ccc(P(c2ccccc2)c2ccccc2)cc1.c1ccc2n[n-]nc2c1. The van der Waals surface area contributed by atoms with Crippen LogP contribution in [0.2, 0.25) is 0 Å². The van der Waals surface area contributed by atoms with Crippen molar-refractivity contribution in [2.75, 3.05) is 0 Å². The molecule has 0 radical (unpaired) electrons. The first kappa shape index (κ1) is 21.2. The second kappa shape index (κ2) is 10.8. The zero-order chi connectivity index (χ0) is 19.0. The van der Waals surface area contributed by atoms with Crippen molar-refractivity contribution in [3.8, 4) is 0 Å². The Morgan fingerprint density at radius 2 is 0.759 bits per heavy atom. The fraction of sp³-hybridized carbons (Fsp3) is 0. The average Bonchev–Trinajstić information content (AvgIpc) is 3.26. The van der Waals surface area contributed by atoms with E-state index in [4.69, 9.17) is 0 Å². The van der Waals surface area contributed by atoms with Gasteiger partial charge in [-0.15, -0.1) is 0 Å². The number of fused-ring (bicyclic) bond motifs is 1. The molecule has 1 heterocycles. The van der Waals surface area contributed by atoms with Crippen molar-refractivity contribution in [3.05, 3.63) is 115 Å². The quantitative estimate of drug-likeness (QED) is 0.240. The summed E-state index contributed by atoms with van der Waals surface area (Å²) in [6, 6.07) is 39.9. The average molecular weight is 577 g/mol. The molecular formula is C24H19AuN3P. The van der Waals surface area contributed by atoms with Crippen molar-refractivity contribution in [1.82, 2.24) is 15.4 Å². The van der Waals surface area contributed by atoms with Gasteiger partial charge in [-0.25, -0.2) is 0 Å². The molecule has 0 saturated carbocycles. The molecule has 0 fully saturated rings. The molecule has 0 spiro atoms. The van der Waals surface area contributed by atoms with Crippen molar-refractivity contribution < 1.29 is 22.4 Å². The molecular weight excluding hydrogens is 558 g/mol. The molecule has 0 bridgehead atoms. The summed E-state index contributed by atoms with van der Waals surface area (Å²) >= 11 is 0. The Morgan fingerprint density at radius 1 is 0.448 bits per heavy atom. The van der Waals surface area contributed by atoms with Crippen LogP contribution < -0.4 is 21.1 Å². The normalized spacial score (nSPS) is 10.1. The molecule has 4 aromatic carbocycles. The van der Waals surface area contributed by atoms with E-state index in [9.17, 15) is 0 Å². The molecule has 29 heavy (non-hydrogen) atoms. The van der Waals surface area contributed by atoms with Gasteiger partial charge < -0.3 is 15.4 Å². The first-order valence-electron chi connectivity index (χ1n) is 9.08. The predicted molar refractivity (Wildman–Crippen MR) is 118 cm³/mol. The molecule has 5 heteroatoms. The minimum atomic E-state index is -0.446. The standard InChI is InChI=1S/C18H15P.C6H4N3.Au/c1-4-10-16(11-5-1)19(17-12-6-2-7-13-17)18-14-8-3-9-15-18;1-2-4-6-5(3-1)7-9-8-6;/h1-15H;1-4H;/q;-1;+1. The van der Waals surface area contributed by atoms with Gasteiger partial charge in [-0.1, -0.05) is 103 Å². The van der Waals surface area contributed by atoms with Crippen LogP contribution in [0.1, 0.15) is 0 Å². The van der Waals surface area contributed by atoms with Crippen molar-refractivity contribution in [1.29, 1.82) is 0 Å². The Bertz CT molecular complexity index is 992. The molecule has 5 aromatic rings. The zero-order valence-electron chi connectivity index (χ0n) is 15.6. The predicted octanol–water partition coefficient (Wildman–Crippen LogP) is 4.03. The van der Waals surface area contributed by atoms with Crippen LogP contribution in [0.4, 0.5) is 0 Å². The zero-order valence-corrected chi connectivity index (χ0v) is 18.6. The van der Waals surface area contributed by atoms with Gasteiger partial charge in [0.2, 0.25) is 0 Å². The molecule has 0 aliphatic heterocycles. The van der Waals surface area contributed by atoms with E-state index in [-0.39, 0.29) is 22.4 Å². The van der Waals surface area contributed by atoms with E-state index in [1.165, 1.54) is 15.9 Å². The van der Waals surface area contributed by atoms with Gasteiger partial charge in [-0.05, 0) is 36.0 Å². The molecule has 1 aromatic heterocycles. The third-order valence-corrected chi connectivity index (χ3v) is 6.67. The summed E-state index contributed by atoms with van der Waals surface area (Å²) in [4.78, 5) is 0. The smallest absolute Gasteiger partial charge is 0.492 e. The first-order chi connectivity index (χ1) is 13.9.